The van der Waals surface area contributed by atoms with Gasteiger partial charge in [0.15, 0.2) is 0 Å². The van der Waals surface area contributed by atoms with Crippen LogP contribution in [0, 0.1) is 5.92 Å². The van der Waals surface area contributed by atoms with E-state index < -0.39 is 11.7 Å². The van der Waals surface area contributed by atoms with Gasteiger partial charge in [0.2, 0.25) is 5.91 Å². The highest BCUT2D eigenvalue weighted by Gasteiger charge is 2.21. The SMILES string of the molecule is CC(C)C[C@H](NC(=O)CNC(=O)OC(C)(C)C)c1cc2ccccc2o1. The topological polar surface area (TPSA) is 80.6 Å². The number of rotatable bonds is 6. The van der Waals surface area contributed by atoms with Gasteiger partial charge in [-0.05, 0) is 45.2 Å². The summed E-state index contributed by atoms with van der Waals surface area (Å²) in [7, 11) is 0. The van der Waals surface area contributed by atoms with Crippen LogP contribution in [0.15, 0.2) is 34.7 Å². The predicted octanol–water partition coefficient (Wildman–Crippen LogP) is 4.16. The first-order valence-electron chi connectivity index (χ1n) is 8.89. The third-order valence-corrected chi connectivity index (χ3v) is 3.62. The summed E-state index contributed by atoms with van der Waals surface area (Å²) in [5, 5.41) is 6.41. The molecular weight excluding hydrogens is 332 g/mol. The maximum absolute atomic E-state index is 12.3. The van der Waals surface area contributed by atoms with Crippen molar-refractivity contribution in [1.82, 2.24) is 10.6 Å². The highest BCUT2D eigenvalue weighted by molar-refractivity contribution is 5.83. The Kier molecular flexibility index (Phi) is 6.29. The minimum Gasteiger partial charge on any atom is -0.459 e. The molecule has 2 rings (SSSR count). The van der Waals surface area contributed by atoms with Gasteiger partial charge in [0, 0.05) is 5.39 Å². The first-order valence-corrected chi connectivity index (χ1v) is 8.89. The number of hydrogen-bond acceptors (Lipinski definition) is 4. The van der Waals surface area contributed by atoms with Crippen molar-refractivity contribution >= 4 is 23.0 Å². The Balaban J connectivity index is 2.01. The molecule has 0 aliphatic rings. The monoisotopic (exact) mass is 360 g/mol. The van der Waals surface area contributed by atoms with Gasteiger partial charge < -0.3 is 19.8 Å². The van der Waals surface area contributed by atoms with E-state index in [1.54, 1.807) is 20.8 Å². The van der Waals surface area contributed by atoms with Gasteiger partial charge in [0.25, 0.3) is 0 Å². The van der Waals surface area contributed by atoms with Crippen LogP contribution in [-0.2, 0) is 9.53 Å². The molecule has 1 aromatic heterocycles. The summed E-state index contributed by atoms with van der Waals surface area (Å²) in [5.41, 5.74) is 0.187. The smallest absolute Gasteiger partial charge is 0.408 e. The lowest BCUT2D eigenvalue weighted by Gasteiger charge is -2.21. The third-order valence-electron chi connectivity index (χ3n) is 3.62. The number of amides is 2. The summed E-state index contributed by atoms with van der Waals surface area (Å²) >= 11 is 0. The summed E-state index contributed by atoms with van der Waals surface area (Å²) in [6.07, 6.45) is 0.120. The Morgan fingerprint density at radius 1 is 1.19 bits per heavy atom. The van der Waals surface area contributed by atoms with E-state index >= 15 is 0 Å². The predicted molar refractivity (Wildman–Crippen MR) is 101 cm³/mol. The fraction of sp³-hybridized carbons (Fsp3) is 0.500. The Bertz CT molecular complexity index is 726. The first kappa shape index (κ1) is 19.8. The highest BCUT2D eigenvalue weighted by atomic mass is 16.6. The average molecular weight is 360 g/mol. The van der Waals surface area contributed by atoms with Gasteiger partial charge in [-0.15, -0.1) is 0 Å². The van der Waals surface area contributed by atoms with Gasteiger partial charge in [-0.1, -0.05) is 32.0 Å². The average Bonchev–Trinajstić information content (AvgIpc) is 2.94. The molecule has 0 radical (unpaired) electrons. The number of carbonyl (C=O) groups excluding carboxylic acids is 2. The van der Waals surface area contributed by atoms with Crippen molar-refractivity contribution in [3.05, 3.63) is 36.1 Å². The van der Waals surface area contributed by atoms with Gasteiger partial charge in [-0.25, -0.2) is 4.79 Å². The fourth-order valence-corrected chi connectivity index (χ4v) is 2.60. The normalized spacial score (nSPS) is 12.8. The lowest BCUT2D eigenvalue weighted by Crippen LogP contribution is -2.41. The molecule has 0 fully saturated rings. The van der Waals surface area contributed by atoms with Gasteiger partial charge in [0.1, 0.15) is 23.5 Å². The van der Waals surface area contributed by atoms with Crippen LogP contribution in [0.1, 0.15) is 52.8 Å². The zero-order valence-corrected chi connectivity index (χ0v) is 16.1. The molecule has 2 N–H and O–H groups in total. The van der Waals surface area contributed by atoms with E-state index in [9.17, 15) is 9.59 Å². The van der Waals surface area contributed by atoms with Crippen molar-refractivity contribution in [2.45, 2.75) is 52.7 Å². The zero-order valence-electron chi connectivity index (χ0n) is 16.1. The van der Waals surface area contributed by atoms with Gasteiger partial charge >= 0.3 is 6.09 Å². The fourth-order valence-electron chi connectivity index (χ4n) is 2.60. The number of benzene rings is 1. The Morgan fingerprint density at radius 2 is 1.88 bits per heavy atom. The molecule has 0 spiro atoms. The van der Waals surface area contributed by atoms with Gasteiger partial charge in [-0.2, -0.15) is 0 Å². The molecule has 0 saturated heterocycles. The minimum absolute atomic E-state index is 0.149. The second-order valence-corrected chi connectivity index (χ2v) is 7.79. The van der Waals surface area contributed by atoms with Crippen LogP contribution in [-0.4, -0.2) is 24.1 Å². The maximum Gasteiger partial charge on any atom is 0.408 e. The molecule has 2 amide bonds. The standard InChI is InChI=1S/C20H28N2O4/c1-13(2)10-15(17-11-14-8-6-7-9-16(14)25-17)22-18(23)12-21-19(24)26-20(3,4)5/h6-9,11,13,15H,10,12H2,1-5H3,(H,21,24)(H,22,23)/t15-/m0/s1. The molecule has 2 aromatic rings. The summed E-state index contributed by atoms with van der Waals surface area (Å²) in [4.78, 5) is 24.0. The second-order valence-electron chi connectivity index (χ2n) is 7.79. The summed E-state index contributed by atoms with van der Waals surface area (Å²) in [5.74, 6) is 0.791. The number of carbonyl (C=O) groups is 2. The molecule has 0 aliphatic heterocycles. The molecule has 26 heavy (non-hydrogen) atoms. The van der Waals surface area contributed by atoms with E-state index in [1.165, 1.54) is 0 Å². The van der Waals surface area contributed by atoms with E-state index in [2.05, 4.69) is 24.5 Å². The number of para-hydroxylation sites is 1. The van der Waals surface area contributed by atoms with Crippen LogP contribution in [0.25, 0.3) is 11.0 Å². The van der Waals surface area contributed by atoms with Crippen LogP contribution < -0.4 is 10.6 Å². The van der Waals surface area contributed by atoms with Gasteiger partial charge in [-0.3, -0.25) is 4.79 Å². The largest absolute Gasteiger partial charge is 0.459 e. The second kappa shape index (κ2) is 8.25. The van der Waals surface area contributed by atoms with Crippen LogP contribution in [0.5, 0.6) is 0 Å². The Morgan fingerprint density at radius 3 is 2.50 bits per heavy atom. The van der Waals surface area contributed by atoms with E-state index in [1.807, 2.05) is 30.3 Å². The number of ether oxygens (including phenoxy) is 1. The molecule has 1 heterocycles. The number of furan rings is 1. The maximum atomic E-state index is 12.3. The van der Waals surface area contributed by atoms with Crippen LogP contribution in [0.2, 0.25) is 0 Å². The summed E-state index contributed by atoms with van der Waals surface area (Å²) in [6, 6.07) is 9.43. The highest BCUT2D eigenvalue weighted by Crippen LogP contribution is 2.27. The molecule has 1 aromatic carbocycles. The summed E-state index contributed by atoms with van der Waals surface area (Å²) < 4.78 is 11.0. The van der Waals surface area contributed by atoms with Crippen molar-refractivity contribution in [3.63, 3.8) is 0 Å². The lowest BCUT2D eigenvalue weighted by molar-refractivity contribution is -0.121. The van der Waals surface area contributed by atoms with E-state index in [-0.39, 0.29) is 18.5 Å². The molecule has 142 valence electrons. The molecule has 0 saturated carbocycles. The number of alkyl carbamates (subject to hydrolysis) is 1. The third kappa shape index (κ3) is 6.10. The number of fused-ring (bicyclic) bond motifs is 1. The van der Waals surface area contributed by atoms with E-state index in [0.717, 1.165) is 17.4 Å². The van der Waals surface area contributed by atoms with Crippen LogP contribution >= 0.6 is 0 Å². The molecule has 6 heteroatoms. The Labute approximate surface area is 154 Å². The number of nitrogens with one attached hydrogen (secondary N) is 2. The zero-order chi connectivity index (χ0) is 19.3. The molecule has 0 aliphatic carbocycles. The Hall–Kier alpha value is -2.50. The number of hydrogen-bond donors (Lipinski definition) is 2. The molecular formula is C20H28N2O4. The van der Waals surface area contributed by atoms with E-state index in [0.29, 0.717) is 11.7 Å². The van der Waals surface area contributed by atoms with Crippen molar-refractivity contribution in [1.29, 1.82) is 0 Å². The molecule has 0 bridgehead atoms. The van der Waals surface area contributed by atoms with Crippen LogP contribution in [0.4, 0.5) is 4.79 Å². The quantitative estimate of drug-likeness (QED) is 0.810. The van der Waals surface area contributed by atoms with Crippen molar-refractivity contribution in [2.24, 2.45) is 5.92 Å². The van der Waals surface area contributed by atoms with Crippen molar-refractivity contribution in [2.75, 3.05) is 6.54 Å². The lowest BCUT2D eigenvalue weighted by atomic mass is 10.0. The molecule has 6 nitrogen and oxygen atoms in total. The molecule has 0 unspecified atom stereocenters. The van der Waals surface area contributed by atoms with E-state index in [4.69, 9.17) is 9.15 Å². The van der Waals surface area contributed by atoms with Crippen LogP contribution in [0.3, 0.4) is 0 Å². The summed E-state index contributed by atoms with van der Waals surface area (Å²) in [6.45, 7) is 9.33. The molecule has 1 atom stereocenters. The van der Waals surface area contributed by atoms with Crippen molar-refractivity contribution in [3.8, 4) is 0 Å². The minimum atomic E-state index is -0.614. The first-order chi connectivity index (χ1) is 12.1. The van der Waals surface area contributed by atoms with Gasteiger partial charge in [0.05, 0.1) is 6.04 Å². The van der Waals surface area contributed by atoms with Crippen molar-refractivity contribution < 1.29 is 18.7 Å².